The van der Waals surface area contributed by atoms with Crippen LogP contribution in [0, 0.1) is 24.1 Å². The van der Waals surface area contributed by atoms with Crippen molar-refractivity contribution in [2.75, 3.05) is 33.3 Å². The molecule has 1 amide bonds. The largest absolute Gasteiger partial charge is 0.497 e. The molecule has 0 radical (unpaired) electrons. The second-order valence-electron chi connectivity index (χ2n) is 8.13. The molecule has 2 heterocycles. The Hall–Kier alpha value is -4.11. The smallest absolute Gasteiger partial charge is 0.490 e. The summed E-state index contributed by atoms with van der Waals surface area (Å²) < 4.78 is 56.2. The Balaban J connectivity index is 0.000000479. The predicted octanol–water partition coefficient (Wildman–Crippen LogP) is 4.54. The SMILES string of the molecule is COc1ccc(C(C#N)N2CCN(C(=O)c3oc4ccc(F)cc4c3C)CC2)cc1.O=C(O)C(F)(F)F. The first-order chi connectivity index (χ1) is 17.5. The Bertz CT molecular complexity index is 1310. The molecule has 12 heteroatoms. The van der Waals surface area contributed by atoms with Gasteiger partial charge in [0.1, 0.15) is 23.2 Å². The van der Waals surface area contributed by atoms with Crippen molar-refractivity contribution in [3.8, 4) is 11.8 Å². The van der Waals surface area contributed by atoms with Crippen LogP contribution in [0.2, 0.25) is 0 Å². The maximum atomic E-state index is 13.5. The van der Waals surface area contributed by atoms with E-state index in [0.29, 0.717) is 42.7 Å². The highest BCUT2D eigenvalue weighted by Gasteiger charge is 2.38. The molecule has 0 bridgehead atoms. The third-order valence-corrected chi connectivity index (χ3v) is 5.86. The highest BCUT2D eigenvalue weighted by Crippen LogP contribution is 2.28. The number of carbonyl (C=O) groups is 2. The maximum Gasteiger partial charge on any atom is 0.490 e. The van der Waals surface area contributed by atoms with E-state index in [1.807, 2.05) is 24.3 Å². The fourth-order valence-corrected chi connectivity index (χ4v) is 3.88. The number of benzene rings is 2. The number of amides is 1. The first-order valence-corrected chi connectivity index (χ1v) is 11.0. The number of nitrogens with zero attached hydrogens (tertiary/aromatic N) is 3. The van der Waals surface area contributed by atoms with Gasteiger partial charge in [0.25, 0.3) is 5.91 Å². The van der Waals surface area contributed by atoms with Crippen LogP contribution >= 0.6 is 0 Å². The number of fused-ring (bicyclic) bond motifs is 1. The number of aliphatic carboxylic acids is 1. The van der Waals surface area contributed by atoms with Gasteiger partial charge < -0.3 is 19.2 Å². The lowest BCUT2D eigenvalue weighted by atomic mass is 10.1. The summed E-state index contributed by atoms with van der Waals surface area (Å²) in [7, 11) is 1.60. The molecule has 1 aromatic heterocycles. The summed E-state index contributed by atoms with van der Waals surface area (Å²) in [6.07, 6.45) is -5.08. The standard InChI is InChI=1S/C23H22FN3O3.C2HF3O2/c1-15-19-13-17(24)5-8-21(19)30-22(15)23(28)27-11-9-26(10-12-27)20(14-25)16-3-6-18(29-2)7-4-16;3-2(4,5)1(6)7/h3-8,13,20H,9-12H2,1-2H3;(H,6,7). The quantitative estimate of drug-likeness (QED) is 0.502. The minimum Gasteiger partial charge on any atom is -0.497 e. The number of alkyl halides is 3. The average Bonchev–Trinajstić information content (AvgIpc) is 3.20. The first kappa shape index (κ1) is 27.5. The lowest BCUT2D eigenvalue weighted by molar-refractivity contribution is -0.192. The van der Waals surface area contributed by atoms with Crippen molar-refractivity contribution >= 4 is 22.8 Å². The zero-order valence-corrected chi connectivity index (χ0v) is 19.9. The molecule has 1 atom stereocenters. The van der Waals surface area contributed by atoms with E-state index in [4.69, 9.17) is 19.1 Å². The van der Waals surface area contributed by atoms with Crippen LogP contribution in [0.3, 0.4) is 0 Å². The monoisotopic (exact) mass is 521 g/mol. The topological polar surface area (TPSA) is 107 Å². The molecule has 0 saturated carbocycles. The fourth-order valence-electron chi connectivity index (χ4n) is 3.88. The summed E-state index contributed by atoms with van der Waals surface area (Å²) in [4.78, 5) is 25.7. The zero-order valence-electron chi connectivity index (χ0n) is 19.9. The van der Waals surface area contributed by atoms with E-state index < -0.39 is 12.1 Å². The number of halogens is 4. The molecule has 1 aliphatic heterocycles. The average molecular weight is 521 g/mol. The predicted molar refractivity (Wildman–Crippen MR) is 123 cm³/mol. The van der Waals surface area contributed by atoms with E-state index in [0.717, 1.165) is 11.3 Å². The zero-order chi connectivity index (χ0) is 27.3. The van der Waals surface area contributed by atoms with Crippen LogP contribution in [0.4, 0.5) is 17.6 Å². The van der Waals surface area contributed by atoms with Gasteiger partial charge in [-0.1, -0.05) is 12.1 Å². The van der Waals surface area contributed by atoms with Crippen LogP contribution in [0.5, 0.6) is 5.75 Å². The minimum atomic E-state index is -5.08. The number of piperazine rings is 1. The lowest BCUT2D eigenvalue weighted by Gasteiger charge is -2.36. The molecule has 4 rings (SSSR count). The molecule has 0 aliphatic carbocycles. The van der Waals surface area contributed by atoms with Crippen molar-refractivity contribution in [3.63, 3.8) is 0 Å². The molecule has 1 fully saturated rings. The van der Waals surface area contributed by atoms with E-state index in [-0.39, 0.29) is 23.5 Å². The summed E-state index contributed by atoms with van der Waals surface area (Å²) in [5, 5.41) is 17.4. The number of carboxylic acids is 1. The second-order valence-corrected chi connectivity index (χ2v) is 8.13. The van der Waals surface area contributed by atoms with Crippen LogP contribution in [-0.2, 0) is 4.79 Å². The Kier molecular flexibility index (Phi) is 8.39. The van der Waals surface area contributed by atoms with Crippen LogP contribution in [0.15, 0.2) is 46.9 Å². The Morgan fingerprint density at radius 1 is 1.11 bits per heavy atom. The van der Waals surface area contributed by atoms with E-state index in [2.05, 4.69) is 11.0 Å². The molecule has 2 aromatic carbocycles. The third kappa shape index (κ3) is 6.37. The van der Waals surface area contributed by atoms with Gasteiger partial charge in [-0.2, -0.15) is 18.4 Å². The Morgan fingerprint density at radius 3 is 2.22 bits per heavy atom. The van der Waals surface area contributed by atoms with Gasteiger partial charge in [0, 0.05) is 37.1 Å². The van der Waals surface area contributed by atoms with Crippen molar-refractivity contribution in [2.24, 2.45) is 0 Å². The van der Waals surface area contributed by atoms with E-state index in [9.17, 15) is 27.6 Å². The normalized spacial score (nSPS) is 14.9. The summed E-state index contributed by atoms with van der Waals surface area (Å²) in [6.45, 7) is 3.88. The molecule has 0 spiro atoms. The molecular formula is C25H23F4N3O5. The molecule has 196 valence electrons. The number of hydrogen-bond donors (Lipinski definition) is 1. The summed E-state index contributed by atoms with van der Waals surface area (Å²) in [5.74, 6) is -2.34. The van der Waals surface area contributed by atoms with Gasteiger partial charge in [-0.15, -0.1) is 0 Å². The first-order valence-electron chi connectivity index (χ1n) is 11.0. The van der Waals surface area contributed by atoms with Gasteiger partial charge in [-0.3, -0.25) is 9.69 Å². The molecule has 37 heavy (non-hydrogen) atoms. The number of ether oxygens (including phenoxy) is 1. The number of aryl methyl sites for hydroxylation is 1. The van der Waals surface area contributed by atoms with Gasteiger partial charge in [-0.05, 0) is 42.8 Å². The molecule has 1 N–H and O–H groups in total. The Morgan fingerprint density at radius 2 is 1.70 bits per heavy atom. The molecule has 1 unspecified atom stereocenters. The number of hydrogen-bond acceptors (Lipinski definition) is 6. The molecular weight excluding hydrogens is 498 g/mol. The van der Waals surface area contributed by atoms with Crippen molar-refractivity contribution in [1.82, 2.24) is 9.80 Å². The molecule has 8 nitrogen and oxygen atoms in total. The van der Waals surface area contributed by atoms with Crippen LogP contribution < -0.4 is 4.74 Å². The van der Waals surface area contributed by atoms with Crippen molar-refractivity contribution < 1.29 is 41.4 Å². The van der Waals surface area contributed by atoms with E-state index in [1.165, 1.54) is 12.1 Å². The highest BCUT2D eigenvalue weighted by atomic mass is 19.4. The van der Waals surface area contributed by atoms with Crippen molar-refractivity contribution in [3.05, 3.63) is 65.2 Å². The van der Waals surface area contributed by atoms with Crippen molar-refractivity contribution in [2.45, 2.75) is 19.1 Å². The number of rotatable bonds is 4. The summed E-state index contributed by atoms with van der Waals surface area (Å²) in [6, 6.07) is 13.7. The van der Waals surface area contributed by atoms with Crippen LogP contribution in [-0.4, -0.2) is 66.2 Å². The maximum absolute atomic E-state index is 13.5. The lowest BCUT2D eigenvalue weighted by Crippen LogP contribution is -2.49. The molecule has 1 saturated heterocycles. The number of methoxy groups -OCH3 is 1. The number of carbonyl (C=O) groups excluding carboxylic acids is 1. The van der Waals surface area contributed by atoms with Gasteiger partial charge in [0.05, 0.1) is 13.2 Å². The second kappa shape index (κ2) is 11.3. The summed E-state index contributed by atoms with van der Waals surface area (Å²) >= 11 is 0. The van der Waals surface area contributed by atoms with E-state index in [1.54, 1.807) is 25.0 Å². The number of carboxylic acid groups (broad SMARTS) is 1. The van der Waals surface area contributed by atoms with Gasteiger partial charge in [0.2, 0.25) is 0 Å². The minimum absolute atomic E-state index is 0.207. The van der Waals surface area contributed by atoms with Crippen molar-refractivity contribution in [1.29, 1.82) is 5.26 Å². The molecule has 1 aliphatic rings. The van der Waals surface area contributed by atoms with Gasteiger partial charge in [-0.25, -0.2) is 9.18 Å². The van der Waals surface area contributed by atoms with Gasteiger partial charge >= 0.3 is 12.1 Å². The molecule has 3 aromatic rings. The van der Waals surface area contributed by atoms with Crippen LogP contribution in [0.1, 0.15) is 27.7 Å². The fraction of sp³-hybridized carbons (Fsp3) is 0.320. The van der Waals surface area contributed by atoms with Crippen LogP contribution in [0.25, 0.3) is 11.0 Å². The van der Waals surface area contributed by atoms with E-state index >= 15 is 0 Å². The summed E-state index contributed by atoms with van der Waals surface area (Å²) in [5.41, 5.74) is 2.04. The number of furan rings is 1. The van der Waals surface area contributed by atoms with Gasteiger partial charge in [0.15, 0.2) is 5.76 Å². The Labute approximate surface area is 209 Å². The third-order valence-electron chi connectivity index (χ3n) is 5.86. The number of nitriles is 1. The highest BCUT2D eigenvalue weighted by molar-refractivity contribution is 5.99.